The third-order valence-corrected chi connectivity index (χ3v) is 3.33. The number of nitrogens with one attached hydrogen (secondary N) is 1. The molecular formula is C14H20BrNO3. The van der Waals surface area contributed by atoms with Crippen molar-refractivity contribution in [3.63, 3.8) is 0 Å². The van der Waals surface area contributed by atoms with Crippen LogP contribution in [0.25, 0.3) is 0 Å². The molecule has 0 heterocycles. The second-order valence-corrected chi connectivity index (χ2v) is 5.34. The van der Waals surface area contributed by atoms with Crippen LogP contribution in [0.2, 0.25) is 0 Å². The summed E-state index contributed by atoms with van der Waals surface area (Å²) >= 11 is 3.38. The minimum atomic E-state index is -0.792. The van der Waals surface area contributed by atoms with E-state index in [1.54, 1.807) is 14.0 Å². The molecule has 0 aliphatic heterocycles. The van der Waals surface area contributed by atoms with Crippen molar-refractivity contribution in [3.8, 4) is 0 Å². The summed E-state index contributed by atoms with van der Waals surface area (Å²) < 4.78 is 11.2. The Morgan fingerprint density at radius 3 is 2.53 bits per heavy atom. The Morgan fingerprint density at radius 2 is 2.00 bits per heavy atom. The van der Waals surface area contributed by atoms with E-state index in [2.05, 4.69) is 21.2 Å². The maximum absolute atomic E-state index is 12.1. The molecule has 0 amide bonds. The third kappa shape index (κ3) is 4.84. The molecule has 1 aromatic carbocycles. The first-order valence-corrected chi connectivity index (χ1v) is 7.01. The predicted octanol–water partition coefficient (Wildman–Crippen LogP) is 3.22. The van der Waals surface area contributed by atoms with E-state index in [1.165, 1.54) is 0 Å². The van der Waals surface area contributed by atoms with Crippen molar-refractivity contribution in [1.29, 1.82) is 0 Å². The van der Waals surface area contributed by atoms with Crippen molar-refractivity contribution >= 4 is 27.6 Å². The van der Waals surface area contributed by atoms with Crippen molar-refractivity contribution in [2.24, 2.45) is 0 Å². The summed E-state index contributed by atoms with van der Waals surface area (Å²) in [4.78, 5) is 12.1. The van der Waals surface area contributed by atoms with Gasteiger partial charge < -0.3 is 14.8 Å². The highest BCUT2D eigenvalue weighted by atomic mass is 79.9. The molecule has 1 N–H and O–H groups in total. The van der Waals surface area contributed by atoms with Crippen LogP contribution in [0.3, 0.4) is 0 Å². The number of hydrogen-bond acceptors (Lipinski definition) is 4. The van der Waals surface area contributed by atoms with Crippen molar-refractivity contribution in [2.45, 2.75) is 25.8 Å². The molecule has 1 unspecified atom stereocenters. The number of benzene rings is 1. The normalized spacial score (nSPS) is 13.7. The van der Waals surface area contributed by atoms with E-state index >= 15 is 0 Å². The lowest BCUT2D eigenvalue weighted by Gasteiger charge is -2.29. The van der Waals surface area contributed by atoms with E-state index in [9.17, 15) is 4.79 Å². The topological polar surface area (TPSA) is 47.6 Å². The largest absolute Gasteiger partial charge is 0.464 e. The van der Waals surface area contributed by atoms with Gasteiger partial charge in [0.15, 0.2) is 0 Å². The quantitative estimate of drug-likeness (QED) is 0.780. The highest BCUT2D eigenvalue weighted by Gasteiger charge is 2.34. The van der Waals surface area contributed by atoms with Crippen LogP contribution in [0.1, 0.15) is 20.3 Å². The van der Waals surface area contributed by atoms with Crippen LogP contribution in [0.15, 0.2) is 28.7 Å². The molecule has 0 aliphatic carbocycles. The smallest absolute Gasteiger partial charge is 0.331 e. The number of carbonyl (C=O) groups excluding carboxylic acids is 1. The Hall–Kier alpha value is -1.07. The number of halogens is 1. The number of esters is 1. The molecule has 0 aromatic heterocycles. The Morgan fingerprint density at radius 1 is 1.37 bits per heavy atom. The van der Waals surface area contributed by atoms with Gasteiger partial charge in [-0.1, -0.05) is 15.9 Å². The van der Waals surface area contributed by atoms with E-state index in [-0.39, 0.29) is 5.97 Å². The average molecular weight is 330 g/mol. The van der Waals surface area contributed by atoms with Gasteiger partial charge in [0.05, 0.1) is 6.61 Å². The third-order valence-electron chi connectivity index (χ3n) is 2.80. The maximum atomic E-state index is 12.1. The molecule has 0 saturated carbocycles. The van der Waals surface area contributed by atoms with Crippen LogP contribution in [-0.2, 0) is 14.3 Å². The maximum Gasteiger partial charge on any atom is 0.331 e. The fraction of sp³-hybridized carbons (Fsp3) is 0.500. The summed E-state index contributed by atoms with van der Waals surface area (Å²) in [6, 6.07) is 7.66. The number of methoxy groups -OCH3 is 1. The average Bonchev–Trinajstić information content (AvgIpc) is 2.39. The Bertz CT molecular complexity index is 408. The highest BCUT2D eigenvalue weighted by molar-refractivity contribution is 9.10. The van der Waals surface area contributed by atoms with Crippen LogP contribution >= 0.6 is 15.9 Å². The lowest BCUT2D eigenvalue weighted by molar-refractivity contribution is -0.148. The predicted molar refractivity (Wildman–Crippen MR) is 79.3 cm³/mol. The van der Waals surface area contributed by atoms with Crippen LogP contribution in [0.4, 0.5) is 5.69 Å². The Balaban J connectivity index is 2.83. The summed E-state index contributed by atoms with van der Waals surface area (Å²) in [6.07, 6.45) is 0.540. The first kappa shape index (κ1) is 16.0. The second kappa shape index (κ2) is 7.50. The minimum Gasteiger partial charge on any atom is -0.464 e. The minimum absolute atomic E-state index is 0.269. The molecule has 0 fully saturated rings. The van der Waals surface area contributed by atoms with Crippen molar-refractivity contribution in [2.75, 3.05) is 25.6 Å². The zero-order valence-corrected chi connectivity index (χ0v) is 13.1. The van der Waals surface area contributed by atoms with Gasteiger partial charge in [0.2, 0.25) is 0 Å². The van der Waals surface area contributed by atoms with Gasteiger partial charge in [-0.15, -0.1) is 0 Å². The molecule has 0 aliphatic rings. The molecule has 106 valence electrons. The van der Waals surface area contributed by atoms with E-state index in [0.717, 1.165) is 10.2 Å². The van der Waals surface area contributed by atoms with Gasteiger partial charge in [-0.3, -0.25) is 0 Å². The summed E-state index contributed by atoms with van der Waals surface area (Å²) in [5.41, 5.74) is 0.0784. The SMILES string of the molecule is CCOC(=O)C(C)(CCOC)Nc1ccc(Br)cc1. The number of ether oxygens (including phenoxy) is 2. The molecule has 19 heavy (non-hydrogen) atoms. The fourth-order valence-electron chi connectivity index (χ4n) is 1.66. The first-order valence-electron chi connectivity index (χ1n) is 6.21. The molecule has 1 aromatic rings. The van der Waals surface area contributed by atoms with Gasteiger partial charge in [0.25, 0.3) is 0 Å². The summed E-state index contributed by atoms with van der Waals surface area (Å²) in [6.45, 7) is 4.47. The van der Waals surface area contributed by atoms with Crippen molar-refractivity contribution in [1.82, 2.24) is 0 Å². The Kier molecular flexibility index (Phi) is 6.31. The van der Waals surface area contributed by atoms with Crippen LogP contribution in [0, 0.1) is 0 Å². The zero-order valence-electron chi connectivity index (χ0n) is 11.5. The van der Waals surface area contributed by atoms with Gasteiger partial charge in [0.1, 0.15) is 5.54 Å². The van der Waals surface area contributed by atoms with E-state index in [1.807, 2.05) is 31.2 Å². The van der Waals surface area contributed by atoms with Gasteiger partial charge in [-0.25, -0.2) is 4.79 Å². The molecule has 0 spiro atoms. The van der Waals surface area contributed by atoms with Gasteiger partial charge in [-0.05, 0) is 38.1 Å². The molecule has 0 saturated heterocycles. The molecule has 1 rings (SSSR count). The molecule has 4 nitrogen and oxygen atoms in total. The van der Waals surface area contributed by atoms with Gasteiger partial charge >= 0.3 is 5.97 Å². The Labute approximate surface area is 122 Å². The van der Waals surface area contributed by atoms with E-state index in [0.29, 0.717) is 19.6 Å². The van der Waals surface area contributed by atoms with Crippen LogP contribution < -0.4 is 5.32 Å². The number of hydrogen-bond donors (Lipinski definition) is 1. The number of rotatable bonds is 7. The number of anilines is 1. The zero-order chi connectivity index (χ0) is 14.3. The van der Waals surface area contributed by atoms with Crippen LogP contribution in [-0.4, -0.2) is 31.8 Å². The first-order chi connectivity index (χ1) is 9.01. The second-order valence-electron chi connectivity index (χ2n) is 4.43. The summed E-state index contributed by atoms with van der Waals surface area (Å²) in [5, 5.41) is 3.23. The lowest BCUT2D eigenvalue weighted by Crippen LogP contribution is -2.45. The monoisotopic (exact) mass is 329 g/mol. The van der Waals surface area contributed by atoms with Crippen LogP contribution in [0.5, 0.6) is 0 Å². The molecule has 5 heteroatoms. The van der Waals surface area contributed by atoms with Crippen molar-refractivity contribution in [3.05, 3.63) is 28.7 Å². The fourth-order valence-corrected chi connectivity index (χ4v) is 1.93. The summed E-state index contributed by atoms with van der Waals surface area (Å²) in [5.74, 6) is -0.269. The van der Waals surface area contributed by atoms with E-state index in [4.69, 9.17) is 9.47 Å². The summed E-state index contributed by atoms with van der Waals surface area (Å²) in [7, 11) is 1.62. The number of carbonyl (C=O) groups is 1. The standard InChI is InChI=1S/C14H20BrNO3/c1-4-19-13(17)14(2,9-10-18-3)16-12-7-5-11(15)6-8-12/h5-8,16H,4,9-10H2,1-3H3. The van der Waals surface area contributed by atoms with Gasteiger partial charge in [-0.2, -0.15) is 0 Å². The van der Waals surface area contributed by atoms with E-state index < -0.39 is 5.54 Å². The molecule has 1 atom stereocenters. The molecule has 0 radical (unpaired) electrons. The van der Waals surface area contributed by atoms with Crippen molar-refractivity contribution < 1.29 is 14.3 Å². The van der Waals surface area contributed by atoms with Gasteiger partial charge in [0, 0.05) is 30.3 Å². The molecular weight excluding hydrogens is 310 g/mol. The lowest BCUT2D eigenvalue weighted by atomic mass is 9.97. The molecule has 0 bridgehead atoms. The highest BCUT2D eigenvalue weighted by Crippen LogP contribution is 2.22.